The third kappa shape index (κ3) is 2.77. The normalized spacial score (nSPS) is 16.0. The molecule has 0 aromatic carbocycles. The molecule has 0 spiro atoms. The van der Waals surface area contributed by atoms with Crippen molar-refractivity contribution in [2.45, 2.75) is 26.1 Å². The molecule has 0 radical (unpaired) electrons. The van der Waals surface area contributed by atoms with Crippen LogP contribution >= 0.6 is 0 Å². The van der Waals surface area contributed by atoms with Gasteiger partial charge in [0.05, 0.1) is 12.7 Å². The summed E-state index contributed by atoms with van der Waals surface area (Å²) in [6.45, 7) is 2.90. The lowest BCUT2D eigenvalue weighted by molar-refractivity contribution is -0.152. The minimum absolute atomic E-state index is 0.131. The summed E-state index contributed by atoms with van der Waals surface area (Å²) in [5, 5.41) is 8.54. The number of esters is 1. The summed E-state index contributed by atoms with van der Waals surface area (Å²) in [7, 11) is 0. The molecule has 10 heavy (non-hydrogen) atoms. The highest BCUT2D eigenvalue weighted by Crippen LogP contribution is 2.00. The van der Waals surface area contributed by atoms with Gasteiger partial charge >= 0.3 is 5.97 Å². The molecular formula is C6H11FO3. The van der Waals surface area contributed by atoms with E-state index in [-0.39, 0.29) is 6.61 Å². The second-order valence-electron chi connectivity index (χ2n) is 1.89. The minimum Gasteiger partial charge on any atom is -0.464 e. The van der Waals surface area contributed by atoms with Crippen LogP contribution in [-0.4, -0.2) is 30.0 Å². The standard InChI is InChI=1S/C6H11FO3/c1-3-10-6(9)5(7)4(2)8/h4-5,8H,3H2,1-2H3/t4-,5+/m1/s1. The number of carbonyl (C=O) groups excluding carboxylic acids is 1. The van der Waals surface area contributed by atoms with Crippen molar-refractivity contribution >= 4 is 5.97 Å². The molecule has 0 saturated carbocycles. The van der Waals surface area contributed by atoms with Gasteiger partial charge in [-0.25, -0.2) is 9.18 Å². The van der Waals surface area contributed by atoms with Crippen LogP contribution in [0.5, 0.6) is 0 Å². The predicted octanol–water partition coefficient (Wildman–Crippen LogP) is 0.268. The maximum absolute atomic E-state index is 12.4. The lowest BCUT2D eigenvalue weighted by Crippen LogP contribution is -2.29. The number of carbonyl (C=O) groups is 1. The number of hydrogen-bond donors (Lipinski definition) is 1. The zero-order chi connectivity index (χ0) is 8.15. The highest BCUT2D eigenvalue weighted by atomic mass is 19.1. The summed E-state index contributed by atoms with van der Waals surface area (Å²) in [4.78, 5) is 10.4. The maximum atomic E-state index is 12.4. The molecule has 4 heteroatoms. The lowest BCUT2D eigenvalue weighted by atomic mass is 10.2. The van der Waals surface area contributed by atoms with Gasteiger partial charge in [-0.3, -0.25) is 0 Å². The number of ether oxygens (including phenoxy) is 1. The number of aliphatic hydroxyl groups is 1. The second-order valence-corrected chi connectivity index (χ2v) is 1.89. The molecule has 0 unspecified atom stereocenters. The van der Waals surface area contributed by atoms with Crippen molar-refractivity contribution in [3.63, 3.8) is 0 Å². The van der Waals surface area contributed by atoms with Crippen LogP contribution in [0.4, 0.5) is 4.39 Å². The Balaban J connectivity index is 3.71. The van der Waals surface area contributed by atoms with Crippen molar-refractivity contribution in [1.29, 1.82) is 0 Å². The first-order valence-corrected chi connectivity index (χ1v) is 3.08. The number of halogens is 1. The van der Waals surface area contributed by atoms with Crippen LogP contribution < -0.4 is 0 Å². The quantitative estimate of drug-likeness (QED) is 0.587. The van der Waals surface area contributed by atoms with E-state index in [1.807, 2.05) is 0 Å². The first-order valence-electron chi connectivity index (χ1n) is 3.08. The van der Waals surface area contributed by atoms with Crippen LogP contribution in [0.25, 0.3) is 0 Å². The van der Waals surface area contributed by atoms with Crippen molar-refractivity contribution in [3.05, 3.63) is 0 Å². The van der Waals surface area contributed by atoms with Gasteiger partial charge in [-0.2, -0.15) is 0 Å². The Bertz CT molecular complexity index is 114. The van der Waals surface area contributed by atoms with Crippen molar-refractivity contribution < 1.29 is 19.0 Å². The van der Waals surface area contributed by atoms with Crippen LogP contribution in [0.3, 0.4) is 0 Å². The summed E-state index contributed by atoms with van der Waals surface area (Å²) in [6.07, 6.45) is -3.21. The van der Waals surface area contributed by atoms with E-state index in [4.69, 9.17) is 5.11 Å². The van der Waals surface area contributed by atoms with Crippen LogP contribution in [0.15, 0.2) is 0 Å². The summed E-state index contributed by atoms with van der Waals surface area (Å²) in [5.74, 6) is -1.00. The van der Waals surface area contributed by atoms with Gasteiger partial charge in [-0.15, -0.1) is 0 Å². The van der Waals surface area contributed by atoms with Gasteiger partial charge in [0.15, 0.2) is 0 Å². The molecule has 1 N–H and O–H groups in total. The van der Waals surface area contributed by atoms with Gasteiger partial charge in [-0.05, 0) is 13.8 Å². The first-order chi connectivity index (χ1) is 4.59. The van der Waals surface area contributed by atoms with Crippen molar-refractivity contribution in [3.8, 4) is 0 Å². The molecule has 0 heterocycles. The Labute approximate surface area is 58.8 Å². The van der Waals surface area contributed by atoms with Crippen LogP contribution in [0.2, 0.25) is 0 Å². The average molecular weight is 150 g/mol. The van der Waals surface area contributed by atoms with Gasteiger partial charge in [0, 0.05) is 0 Å². The predicted molar refractivity (Wildman–Crippen MR) is 33.2 cm³/mol. The van der Waals surface area contributed by atoms with Gasteiger partial charge in [0.2, 0.25) is 6.17 Å². The summed E-state index contributed by atoms with van der Waals surface area (Å²) >= 11 is 0. The van der Waals surface area contributed by atoms with Gasteiger partial charge in [0.25, 0.3) is 0 Å². The molecule has 0 aromatic rings. The molecule has 0 aliphatic heterocycles. The van der Waals surface area contributed by atoms with Gasteiger partial charge in [0.1, 0.15) is 0 Å². The topological polar surface area (TPSA) is 46.5 Å². The van der Waals surface area contributed by atoms with E-state index >= 15 is 0 Å². The fraction of sp³-hybridized carbons (Fsp3) is 0.833. The Morgan fingerprint density at radius 2 is 2.30 bits per heavy atom. The number of rotatable bonds is 3. The van der Waals surface area contributed by atoms with Gasteiger partial charge < -0.3 is 9.84 Å². The SMILES string of the molecule is CCOC(=O)[C@@H](F)[C@@H](C)O. The molecule has 0 rings (SSSR count). The van der Waals surface area contributed by atoms with E-state index < -0.39 is 18.2 Å². The largest absolute Gasteiger partial charge is 0.464 e. The van der Waals surface area contributed by atoms with Crippen LogP contribution in [-0.2, 0) is 9.53 Å². The van der Waals surface area contributed by atoms with Crippen molar-refractivity contribution in [2.75, 3.05) is 6.61 Å². The smallest absolute Gasteiger partial charge is 0.343 e. The van der Waals surface area contributed by atoms with Gasteiger partial charge in [-0.1, -0.05) is 0 Å². The Kier molecular flexibility index (Phi) is 3.95. The molecule has 0 fully saturated rings. The van der Waals surface area contributed by atoms with E-state index in [0.717, 1.165) is 0 Å². The van der Waals surface area contributed by atoms with Crippen LogP contribution in [0, 0.1) is 0 Å². The zero-order valence-corrected chi connectivity index (χ0v) is 6.00. The molecule has 0 saturated heterocycles. The molecule has 0 amide bonds. The first kappa shape index (κ1) is 9.36. The molecule has 3 nitrogen and oxygen atoms in total. The summed E-state index contributed by atoms with van der Waals surface area (Å²) in [6, 6.07) is 0. The Morgan fingerprint density at radius 1 is 1.80 bits per heavy atom. The minimum atomic E-state index is -1.92. The molecular weight excluding hydrogens is 139 g/mol. The van der Waals surface area contributed by atoms with E-state index in [1.54, 1.807) is 6.92 Å². The molecule has 0 bridgehead atoms. The van der Waals surface area contributed by atoms with E-state index in [1.165, 1.54) is 6.92 Å². The third-order valence-electron chi connectivity index (χ3n) is 0.935. The summed E-state index contributed by atoms with van der Waals surface area (Å²) < 4.78 is 16.7. The van der Waals surface area contributed by atoms with Crippen molar-refractivity contribution in [1.82, 2.24) is 0 Å². The average Bonchev–Trinajstić information content (AvgIpc) is 1.87. The maximum Gasteiger partial charge on any atom is 0.343 e. The van der Waals surface area contributed by atoms with E-state index in [2.05, 4.69) is 4.74 Å². The number of hydrogen-bond acceptors (Lipinski definition) is 3. The third-order valence-corrected chi connectivity index (χ3v) is 0.935. The molecule has 60 valence electrons. The fourth-order valence-electron chi connectivity index (χ4n) is 0.419. The molecule has 0 aromatic heterocycles. The molecule has 0 aliphatic carbocycles. The monoisotopic (exact) mass is 150 g/mol. The number of aliphatic hydroxyl groups excluding tert-OH is 1. The Hall–Kier alpha value is -0.640. The zero-order valence-electron chi connectivity index (χ0n) is 6.00. The van der Waals surface area contributed by atoms with E-state index in [9.17, 15) is 9.18 Å². The Morgan fingerprint density at radius 3 is 2.60 bits per heavy atom. The fourth-order valence-corrected chi connectivity index (χ4v) is 0.419. The molecule has 0 aliphatic rings. The molecule has 2 atom stereocenters. The number of alkyl halides is 1. The van der Waals surface area contributed by atoms with Crippen molar-refractivity contribution in [2.24, 2.45) is 0 Å². The lowest BCUT2D eigenvalue weighted by Gasteiger charge is -2.08. The van der Waals surface area contributed by atoms with Crippen LogP contribution in [0.1, 0.15) is 13.8 Å². The second kappa shape index (κ2) is 4.22. The van der Waals surface area contributed by atoms with E-state index in [0.29, 0.717) is 0 Å². The highest BCUT2D eigenvalue weighted by molar-refractivity contribution is 5.75. The highest BCUT2D eigenvalue weighted by Gasteiger charge is 2.23. The summed E-state index contributed by atoms with van der Waals surface area (Å²) in [5.41, 5.74) is 0.